The van der Waals surface area contributed by atoms with Crippen LogP contribution in [-0.2, 0) is 0 Å². The van der Waals surface area contributed by atoms with Gasteiger partial charge in [-0.1, -0.05) is 37.3 Å². The van der Waals surface area contributed by atoms with Gasteiger partial charge < -0.3 is 4.74 Å². The smallest absolute Gasteiger partial charge is 0.232 e. The van der Waals surface area contributed by atoms with Crippen molar-refractivity contribution in [2.45, 2.75) is 13.3 Å². The van der Waals surface area contributed by atoms with Gasteiger partial charge in [0.15, 0.2) is 0 Å². The van der Waals surface area contributed by atoms with Crippen LogP contribution in [0.1, 0.15) is 13.3 Å². The van der Waals surface area contributed by atoms with Gasteiger partial charge in [0.25, 0.3) is 0 Å². The molecule has 0 saturated carbocycles. The maximum Gasteiger partial charge on any atom is 0.232 e. The van der Waals surface area contributed by atoms with Gasteiger partial charge in [-0.25, -0.2) is 4.98 Å². The van der Waals surface area contributed by atoms with E-state index in [0.717, 1.165) is 17.7 Å². The Kier molecular flexibility index (Phi) is 3.49. The van der Waals surface area contributed by atoms with E-state index in [1.165, 1.54) is 0 Å². The lowest BCUT2D eigenvalue weighted by atomic mass is 10.2. The molecule has 3 nitrogen and oxygen atoms in total. The molecule has 0 bridgehead atoms. The summed E-state index contributed by atoms with van der Waals surface area (Å²) >= 11 is 0. The van der Waals surface area contributed by atoms with Gasteiger partial charge in [-0.2, -0.15) is 0 Å². The van der Waals surface area contributed by atoms with Crippen molar-refractivity contribution in [3.63, 3.8) is 0 Å². The average Bonchev–Trinajstić information content (AvgIpc) is 2.38. The topological polar surface area (TPSA) is 35.0 Å². The van der Waals surface area contributed by atoms with Crippen molar-refractivity contribution < 1.29 is 4.74 Å². The maximum atomic E-state index is 5.44. The minimum Gasteiger partial charge on any atom is -0.477 e. The molecule has 0 amide bonds. The third-order valence-electron chi connectivity index (χ3n) is 2.14. The zero-order valence-electron chi connectivity index (χ0n) is 9.26. The number of rotatable bonds is 4. The predicted molar refractivity (Wildman–Crippen MR) is 63.3 cm³/mol. The van der Waals surface area contributed by atoms with Crippen molar-refractivity contribution >= 4 is 0 Å². The fourth-order valence-corrected chi connectivity index (χ4v) is 1.37. The summed E-state index contributed by atoms with van der Waals surface area (Å²) in [4.78, 5) is 8.52. The van der Waals surface area contributed by atoms with Crippen LogP contribution in [0.15, 0.2) is 42.7 Å². The largest absolute Gasteiger partial charge is 0.477 e. The highest BCUT2D eigenvalue weighted by molar-refractivity contribution is 5.57. The first-order valence-corrected chi connectivity index (χ1v) is 5.40. The SMILES string of the molecule is CCCOc1cncc(-c2ccccc2)n1. The van der Waals surface area contributed by atoms with Gasteiger partial charge in [-0.05, 0) is 6.42 Å². The molecule has 1 aromatic heterocycles. The van der Waals surface area contributed by atoms with Crippen LogP contribution in [0.5, 0.6) is 5.88 Å². The molecule has 2 rings (SSSR count). The summed E-state index contributed by atoms with van der Waals surface area (Å²) in [7, 11) is 0. The van der Waals surface area contributed by atoms with E-state index in [2.05, 4.69) is 16.9 Å². The summed E-state index contributed by atoms with van der Waals surface area (Å²) in [5.74, 6) is 0.586. The van der Waals surface area contributed by atoms with E-state index >= 15 is 0 Å². The molecule has 82 valence electrons. The normalized spacial score (nSPS) is 10.1. The van der Waals surface area contributed by atoms with Gasteiger partial charge in [0.2, 0.25) is 5.88 Å². The minimum absolute atomic E-state index is 0.586. The average molecular weight is 214 g/mol. The minimum atomic E-state index is 0.586. The maximum absolute atomic E-state index is 5.44. The van der Waals surface area contributed by atoms with Gasteiger partial charge in [0.1, 0.15) is 0 Å². The molecule has 2 aromatic rings. The van der Waals surface area contributed by atoms with Crippen LogP contribution in [0.2, 0.25) is 0 Å². The fourth-order valence-electron chi connectivity index (χ4n) is 1.37. The van der Waals surface area contributed by atoms with Crippen LogP contribution in [0.25, 0.3) is 11.3 Å². The lowest BCUT2D eigenvalue weighted by molar-refractivity contribution is 0.304. The molecule has 0 fully saturated rings. The lowest BCUT2D eigenvalue weighted by Crippen LogP contribution is -1.98. The molecule has 0 radical (unpaired) electrons. The van der Waals surface area contributed by atoms with Crippen LogP contribution < -0.4 is 4.74 Å². The molecule has 1 aromatic carbocycles. The number of nitrogens with zero attached hydrogens (tertiary/aromatic N) is 2. The highest BCUT2D eigenvalue weighted by atomic mass is 16.5. The van der Waals surface area contributed by atoms with Crippen molar-refractivity contribution in [1.82, 2.24) is 9.97 Å². The van der Waals surface area contributed by atoms with Crippen molar-refractivity contribution in [3.8, 4) is 17.1 Å². The van der Waals surface area contributed by atoms with E-state index in [-0.39, 0.29) is 0 Å². The van der Waals surface area contributed by atoms with Crippen LogP contribution >= 0.6 is 0 Å². The summed E-state index contributed by atoms with van der Waals surface area (Å²) in [6, 6.07) is 9.96. The Bertz CT molecular complexity index is 443. The molecule has 0 aliphatic heterocycles. The van der Waals surface area contributed by atoms with Gasteiger partial charge in [0.05, 0.1) is 24.7 Å². The van der Waals surface area contributed by atoms with Crippen LogP contribution in [-0.4, -0.2) is 16.6 Å². The summed E-state index contributed by atoms with van der Waals surface area (Å²) in [5, 5.41) is 0. The Morgan fingerprint density at radius 2 is 1.94 bits per heavy atom. The van der Waals surface area contributed by atoms with Gasteiger partial charge in [-0.15, -0.1) is 0 Å². The van der Waals surface area contributed by atoms with E-state index in [4.69, 9.17) is 4.74 Å². The van der Waals surface area contributed by atoms with Crippen LogP contribution in [0, 0.1) is 0 Å². The zero-order chi connectivity index (χ0) is 11.2. The third-order valence-corrected chi connectivity index (χ3v) is 2.14. The standard InChI is InChI=1S/C13H14N2O/c1-2-8-16-13-10-14-9-12(15-13)11-6-4-3-5-7-11/h3-7,9-10H,2,8H2,1H3. The number of ether oxygens (including phenoxy) is 1. The first-order chi connectivity index (χ1) is 7.90. The van der Waals surface area contributed by atoms with Gasteiger partial charge in [0, 0.05) is 5.56 Å². The van der Waals surface area contributed by atoms with Crippen molar-refractivity contribution in [3.05, 3.63) is 42.7 Å². The Hall–Kier alpha value is -1.90. The molecule has 0 aliphatic rings. The van der Waals surface area contributed by atoms with E-state index in [1.54, 1.807) is 12.4 Å². The Balaban J connectivity index is 2.22. The second-order valence-corrected chi connectivity index (χ2v) is 3.46. The lowest BCUT2D eigenvalue weighted by Gasteiger charge is -2.05. The van der Waals surface area contributed by atoms with E-state index in [1.807, 2.05) is 30.3 Å². The Morgan fingerprint density at radius 3 is 2.69 bits per heavy atom. The van der Waals surface area contributed by atoms with Gasteiger partial charge in [-0.3, -0.25) is 4.98 Å². The van der Waals surface area contributed by atoms with Crippen molar-refractivity contribution in [2.75, 3.05) is 6.61 Å². The Labute approximate surface area is 95.1 Å². The van der Waals surface area contributed by atoms with E-state index in [0.29, 0.717) is 12.5 Å². The monoisotopic (exact) mass is 214 g/mol. The second kappa shape index (κ2) is 5.26. The first-order valence-electron chi connectivity index (χ1n) is 5.40. The zero-order valence-corrected chi connectivity index (χ0v) is 9.26. The molecule has 1 heterocycles. The van der Waals surface area contributed by atoms with Crippen LogP contribution in [0.4, 0.5) is 0 Å². The highest BCUT2D eigenvalue weighted by Gasteiger charge is 2.01. The van der Waals surface area contributed by atoms with E-state index in [9.17, 15) is 0 Å². The highest BCUT2D eigenvalue weighted by Crippen LogP contribution is 2.17. The van der Waals surface area contributed by atoms with Crippen molar-refractivity contribution in [2.24, 2.45) is 0 Å². The molecule has 0 saturated heterocycles. The molecule has 0 aliphatic carbocycles. The first kappa shape index (κ1) is 10.6. The summed E-state index contributed by atoms with van der Waals surface area (Å²) < 4.78 is 5.44. The molecule has 16 heavy (non-hydrogen) atoms. The number of aromatic nitrogens is 2. The number of hydrogen-bond donors (Lipinski definition) is 0. The Morgan fingerprint density at radius 1 is 1.12 bits per heavy atom. The van der Waals surface area contributed by atoms with Crippen LogP contribution in [0.3, 0.4) is 0 Å². The summed E-state index contributed by atoms with van der Waals surface area (Å²) in [6.45, 7) is 2.74. The summed E-state index contributed by atoms with van der Waals surface area (Å²) in [5.41, 5.74) is 1.89. The molecule has 0 atom stereocenters. The number of benzene rings is 1. The molecule has 0 unspecified atom stereocenters. The molecule has 3 heteroatoms. The molecule has 0 spiro atoms. The summed E-state index contributed by atoms with van der Waals surface area (Å²) in [6.07, 6.45) is 4.35. The van der Waals surface area contributed by atoms with Crippen molar-refractivity contribution in [1.29, 1.82) is 0 Å². The molecule has 0 N–H and O–H groups in total. The van der Waals surface area contributed by atoms with Gasteiger partial charge >= 0.3 is 0 Å². The van der Waals surface area contributed by atoms with E-state index < -0.39 is 0 Å². The predicted octanol–water partition coefficient (Wildman–Crippen LogP) is 2.93. The molecular weight excluding hydrogens is 200 g/mol. The quantitative estimate of drug-likeness (QED) is 0.784. The second-order valence-electron chi connectivity index (χ2n) is 3.46. The third kappa shape index (κ3) is 2.57. The molecular formula is C13H14N2O. The number of hydrogen-bond acceptors (Lipinski definition) is 3. The fraction of sp³-hybridized carbons (Fsp3) is 0.231.